The molecule has 1 aliphatic heterocycles. The van der Waals surface area contributed by atoms with Crippen molar-refractivity contribution in [3.63, 3.8) is 0 Å². The van der Waals surface area contributed by atoms with Gasteiger partial charge in [0, 0.05) is 6.42 Å². The molecule has 0 bridgehead atoms. The Labute approximate surface area is 195 Å². The first-order chi connectivity index (χ1) is 15.3. The summed E-state index contributed by atoms with van der Waals surface area (Å²) in [7, 11) is 0. The Morgan fingerprint density at radius 2 is 0.935 bits per heavy atom. The first-order valence-corrected chi connectivity index (χ1v) is 14.5. The van der Waals surface area contributed by atoms with E-state index < -0.39 is 0 Å². The molecular weight excluding hydrogens is 380 g/mol. The molecule has 2 heteroatoms. The van der Waals surface area contributed by atoms with Crippen molar-refractivity contribution in [2.45, 2.75) is 180 Å². The lowest BCUT2D eigenvalue weighted by Crippen LogP contribution is -2.23. The molecule has 1 atom stereocenters. The normalized spacial score (nSPS) is 16.5. The molecule has 0 aromatic heterocycles. The summed E-state index contributed by atoms with van der Waals surface area (Å²) < 4.78 is 5.39. The average Bonchev–Trinajstić information content (AvgIpc) is 2.77. The lowest BCUT2D eigenvalue weighted by atomic mass is 10.0. The van der Waals surface area contributed by atoms with E-state index >= 15 is 0 Å². The Balaban J connectivity index is 1.65. The van der Waals surface area contributed by atoms with Crippen LogP contribution in [0.15, 0.2) is 0 Å². The molecule has 0 spiro atoms. The van der Waals surface area contributed by atoms with Crippen LogP contribution in [-0.2, 0) is 9.53 Å². The second-order valence-corrected chi connectivity index (χ2v) is 10.2. The van der Waals surface area contributed by atoms with Crippen molar-refractivity contribution in [2.75, 3.05) is 0 Å². The maximum absolute atomic E-state index is 11.3. The van der Waals surface area contributed by atoms with Crippen LogP contribution in [0.3, 0.4) is 0 Å². The fraction of sp³-hybridized carbons (Fsp3) is 0.966. The second-order valence-electron chi connectivity index (χ2n) is 10.2. The molecule has 0 radical (unpaired) electrons. The van der Waals surface area contributed by atoms with Gasteiger partial charge in [0.15, 0.2) is 0 Å². The van der Waals surface area contributed by atoms with Gasteiger partial charge in [0.05, 0.1) is 0 Å². The van der Waals surface area contributed by atoms with Gasteiger partial charge in [0.1, 0.15) is 6.10 Å². The van der Waals surface area contributed by atoms with Crippen molar-refractivity contribution in [3.8, 4) is 0 Å². The predicted molar refractivity (Wildman–Crippen MR) is 136 cm³/mol. The zero-order valence-electron chi connectivity index (χ0n) is 21.3. The Hall–Kier alpha value is -0.530. The maximum atomic E-state index is 11.3. The SMILES string of the molecule is CCCCCCCCCCCCCCCCCCCCCCCC[C@H]1CCCC(=O)O1. The van der Waals surface area contributed by atoms with Crippen LogP contribution in [0.5, 0.6) is 0 Å². The Kier molecular flexibility index (Phi) is 20.8. The van der Waals surface area contributed by atoms with Crippen LogP contribution in [0.25, 0.3) is 0 Å². The summed E-state index contributed by atoms with van der Waals surface area (Å²) in [5.74, 6) is 0.0232. The van der Waals surface area contributed by atoms with Gasteiger partial charge in [-0.2, -0.15) is 0 Å². The lowest BCUT2D eigenvalue weighted by molar-refractivity contribution is -0.154. The number of cyclic esters (lactones) is 1. The summed E-state index contributed by atoms with van der Waals surface area (Å²) in [4.78, 5) is 11.3. The number of carbonyl (C=O) groups is 1. The van der Waals surface area contributed by atoms with Crippen molar-refractivity contribution < 1.29 is 9.53 Å². The largest absolute Gasteiger partial charge is 0.462 e. The van der Waals surface area contributed by atoms with E-state index in [1.54, 1.807) is 0 Å². The zero-order valence-corrected chi connectivity index (χ0v) is 21.3. The van der Waals surface area contributed by atoms with Crippen molar-refractivity contribution in [3.05, 3.63) is 0 Å². The Morgan fingerprint density at radius 1 is 0.581 bits per heavy atom. The molecule has 184 valence electrons. The third kappa shape index (κ3) is 19.9. The van der Waals surface area contributed by atoms with Crippen LogP contribution in [0.1, 0.15) is 174 Å². The van der Waals surface area contributed by atoms with Gasteiger partial charge in [0.25, 0.3) is 0 Å². The molecule has 0 aliphatic carbocycles. The number of hydrogen-bond donors (Lipinski definition) is 0. The summed E-state index contributed by atoms with van der Waals surface area (Å²) in [5.41, 5.74) is 0. The third-order valence-electron chi connectivity index (χ3n) is 7.08. The lowest BCUT2D eigenvalue weighted by Gasteiger charge is -2.21. The molecule has 0 N–H and O–H groups in total. The molecule has 1 heterocycles. The van der Waals surface area contributed by atoms with Gasteiger partial charge in [-0.3, -0.25) is 4.79 Å². The van der Waals surface area contributed by atoms with Crippen LogP contribution >= 0.6 is 0 Å². The van der Waals surface area contributed by atoms with E-state index in [0.29, 0.717) is 6.42 Å². The van der Waals surface area contributed by atoms with Crippen LogP contribution in [-0.4, -0.2) is 12.1 Å². The standard InChI is InChI=1S/C29H56O2/c1-2-3-4-5-6-7-8-9-10-11-12-13-14-15-16-17-18-19-20-21-22-23-25-28-26-24-27-29(30)31-28/h28H,2-27H2,1H3/t28-/m0/s1. The van der Waals surface area contributed by atoms with Crippen LogP contribution in [0, 0.1) is 0 Å². The molecule has 1 rings (SSSR count). The summed E-state index contributed by atoms with van der Waals surface area (Å²) in [6.07, 6.45) is 35.5. The fourth-order valence-corrected chi connectivity index (χ4v) is 4.96. The fourth-order valence-electron chi connectivity index (χ4n) is 4.96. The number of esters is 1. The molecule has 0 saturated carbocycles. The number of ether oxygens (including phenoxy) is 1. The van der Waals surface area contributed by atoms with Gasteiger partial charge in [0.2, 0.25) is 0 Å². The average molecular weight is 437 g/mol. The van der Waals surface area contributed by atoms with E-state index in [1.807, 2.05) is 0 Å². The minimum absolute atomic E-state index is 0.0232. The molecule has 31 heavy (non-hydrogen) atoms. The van der Waals surface area contributed by atoms with E-state index in [0.717, 1.165) is 19.3 Å². The first-order valence-electron chi connectivity index (χ1n) is 14.5. The highest BCUT2D eigenvalue weighted by Crippen LogP contribution is 2.20. The summed E-state index contributed by atoms with van der Waals surface area (Å²) in [6.45, 7) is 2.30. The molecule has 0 aromatic carbocycles. The van der Waals surface area contributed by atoms with E-state index in [-0.39, 0.29) is 12.1 Å². The molecule has 2 nitrogen and oxygen atoms in total. The highest BCUT2D eigenvalue weighted by atomic mass is 16.5. The van der Waals surface area contributed by atoms with Crippen molar-refractivity contribution in [2.24, 2.45) is 0 Å². The monoisotopic (exact) mass is 436 g/mol. The van der Waals surface area contributed by atoms with E-state index in [2.05, 4.69) is 6.92 Å². The minimum Gasteiger partial charge on any atom is -0.462 e. The Morgan fingerprint density at radius 3 is 1.29 bits per heavy atom. The highest BCUT2D eigenvalue weighted by molar-refractivity contribution is 5.70. The molecule has 0 aromatic rings. The van der Waals surface area contributed by atoms with Gasteiger partial charge in [-0.05, 0) is 25.7 Å². The predicted octanol–water partition coefficient (Wildman–Crippen LogP) is 10.1. The molecule has 1 aliphatic rings. The molecular formula is C29H56O2. The molecule has 1 fully saturated rings. The molecule has 1 saturated heterocycles. The van der Waals surface area contributed by atoms with Gasteiger partial charge in [-0.25, -0.2) is 0 Å². The zero-order chi connectivity index (χ0) is 22.2. The summed E-state index contributed by atoms with van der Waals surface area (Å²) in [5, 5.41) is 0. The number of hydrogen-bond acceptors (Lipinski definition) is 2. The first kappa shape index (κ1) is 28.5. The van der Waals surface area contributed by atoms with Crippen LogP contribution < -0.4 is 0 Å². The van der Waals surface area contributed by atoms with Crippen molar-refractivity contribution >= 4 is 5.97 Å². The van der Waals surface area contributed by atoms with Gasteiger partial charge >= 0.3 is 5.97 Å². The quantitative estimate of drug-likeness (QED) is 0.118. The smallest absolute Gasteiger partial charge is 0.306 e. The highest BCUT2D eigenvalue weighted by Gasteiger charge is 2.19. The summed E-state index contributed by atoms with van der Waals surface area (Å²) in [6, 6.07) is 0. The topological polar surface area (TPSA) is 26.3 Å². The number of carbonyl (C=O) groups excluding carboxylic acids is 1. The molecule has 0 unspecified atom stereocenters. The van der Waals surface area contributed by atoms with Gasteiger partial charge in [-0.1, -0.05) is 142 Å². The number of rotatable bonds is 23. The van der Waals surface area contributed by atoms with Crippen molar-refractivity contribution in [1.82, 2.24) is 0 Å². The van der Waals surface area contributed by atoms with Crippen LogP contribution in [0.2, 0.25) is 0 Å². The van der Waals surface area contributed by atoms with Crippen LogP contribution in [0.4, 0.5) is 0 Å². The van der Waals surface area contributed by atoms with Crippen molar-refractivity contribution in [1.29, 1.82) is 0 Å². The molecule has 0 amide bonds. The summed E-state index contributed by atoms with van der Waals surface area (Å²) >= 11 is 0. The van der Waals surface area contributed by atoms with Gasteiger partial charge < -0.3 is 4.74 Å². The minimum atomic E-state index is 0.0232. The second kappa shape index (κ2) is 22.7. The van der Waals surface area contributed by atoms with E-state index in [4.69, 9.17) is 4.74 Å². The van der Waals surface area contributed by atoms with E-state index in [9.17, 15) is 4.79 Å². The van der Waals surface area contributed by atoms with Gasteiger partial charge in [-0.15, -0.1) is 0 Å². The third-order valence-corrected chi connectivity index (χ3v) is 7.08. The number of unbranched alkanes of at least 4 members (excludes halogenated alkanes) is 21. The maximum Gasteiger partial charge on any atom is 0.306 e. The van der Waals surface area contributed by atoms with E-state index in [1.165, 1.54) is 141 Å². The Bertz CT molecular complexity index is 379.